The molecule has 2 N–H and O–H groups in total. The van der Waals surface area contributed by atoms with Gasteiger partial charge in [-0.15, -0.1) is 0 Å². The lowest BCUT2D eigenvalue weighted by atomic mass is 10.3. The molecule has 0 fully saturated rings. The molecule has 1 atom stereocenters. The van der Waals surface area contributed by atoms with Crippen molar-refractivity contribution in [3.63, 3.8) is 0 Å². The third-order valence-corrected chi connectivity index (χ3v) is 0.927. The number of oxime groups is 1. The first-order chi connectivity index (χ1) is 4.74. The van der Waals surface area contributed by atoms with E-state index in [0.29, 0.717) is 0 Å². The van der Waals surface area contributed by atoms with E-state index in [1.165, 1.54) is 0 Å². The molecule has 0 saturated heterocycles. The summed E-state index contributed by atoms with van der Waals surface area (Å²) in [5, 5.41) is 12.5. The first kappa shape index (κ1) is 6.66. The number of amidine groups is 1. The Morgan fingerprint density at radius 2 is 2.60 bits per heavy atom. The summed E-state index contributed by atoms with van der Waals surface area (Å²) in [6.07, 6.45) is -0.865. The van der Waals surface area contributed by atoms with Crippen molar-refractivity contribution < 1.29 is 14.4 Å². The molecule has 0 bridgehead atoms. The van der Waals surface area contributed by atoms with Gasteiger partial charge in [-0.25, -0.2) is 14.2 Å². The van der Waals surface area contributed by atoms with Crippen LogP contribution in [0.4, 0.5) is 9.18 Å². The Morgan fingerprint density at radius 3 is 3.10 bits per heavy atom. The van der Waals surface area contributed by atoms with Gasteiger partial charge in [0.25, 0.3) is 0 Å². The first-order valence-electron chi connectivity index (χ1n) is 2.45. The maximum absolute atomic E-state index is 12.4. The fraction of sp³-hybridized carbons (Fsp3) is 0.250. The average molecular weight is 145 g/mol. The predicted octanol–water partition coefficient (Wildman–Crippen LogP) is -0.0938. The second-order valence-corrected chi connectivity index (χ2v) is 1.60. The lowest BCUT2D eigenvalue weighted by Gasteiger charge is -2.09. The molecule has 0 aliphatic carbocycles. The molecule has 1 unspecified atom stereocenters. The molecule has 0 spiro atoms. The highest BCUT2D eigenvalue weighted by Crippen LogP contribution is 1.95. The van der Waals surface area contributed by atoms with E-state index in [2.05, 4.69) is 10.1 Å². The topological polar surface area (TPSA) is 74.0 Å². The maximum Gasteiger partial charge on any atom is 0.346 e. The van der Waals surface area contributed by atoms with Crippen molar-refractivity contribution in [3.05, 3.63) is 0 Å². The van der Waals surface area contributed by atoms with Crippen LogP contribution < -0.4 is 5.32 Å². The summed E-state index contributed by atoms with van der Waals surface area (Å²) in [6.45, 7) is 0. The molecule has 0 aromatic carbocycles. The third kappa shape index (κ3) is 1.09. The summed E-state index contributed by atoms with van der Waals surface area (Å²) >= 11 is 0. The van der Waals surface area contributed by atoms with E-state index in [0.717, 1.165) is 6.21 Å². The molecule has 0 aromatic heterocycles. The molecule has 1 aliphatic rings. The van der Waals surface area contributed by atoms with Gasteiger partial charge in [0, 0.05) is 0 Å². The van der Waals surface area contributed by atoms with Crippen molar-refractivity contribution in [3.8, 4) is 0 Å². The lowest BCUT2D eigenvalue weighted by Crippen LogP contribution is -2.40. The van der Waals surface area contributed by atoms with Crippen molar-refractivity contribution in [1.82, 2.24) is 5.32 Å². The zero-order chi connectivity index (χ0) is 7.56. The van der Waals surface area contributed by atoms with Crippen LogP contribution in [0.3, 0.4) is 0 Å². The monoisotopic (exact) mass is 145 g/mol. The van der Waals surface area contributed by atoms with Gasteiger partial charge in [0.1, 0.15) is 0 Å². The fourth-order valence-corrected chi connectivity index (χ4v) is 0.495. The van der Waals surface area contributed by atoms with Gasteiger partial charge < -0.3 is 5.21 Å². The number of hydrogen-bond donors (Lipinski definition) is 2. The Morgan fingerprint density at radius 1 is 1.90 bits per heavy atom. The number of alkyl halides is 1. The summed E-state index contributed by atoms with van der Waals surface area (Å²) in [6, 6.07) is -0.735. The highest BCUT2D eigenvalue weighted by molar-refractivity contribution is 6.13. The standard InChI is InChI=1S/C4H4FN3O2/c5-2-1-6-4(9)7-3(2)8-10/h1-2,10H,(H,7,8,9). The molecule has 1 rings (SSSR count). The largest absolute Gasteiger partial charge is 0.409 e. The van der Waals surface area contributed by atoms with E-state index >= 15 is 0 Å². The van der Waals surface area contributed by atoms with Gasteiger partial charge in [-0.1, -0.05) is 5.16 Å². The van der Waals surface area contributed by atoms with Crippen molar-refractivity contribution in [2.24, 2.45) is 10.1 Å². The van der Waals surface area contributed by atoms with Gasteiger partial charge in [-0.05, 0) is 0 Å². The van der Waals surface area contributed by atoms with Crippen molar-refractivity contribution in [2.75, 3.05) is 0 Å². The molecule has 5 nitrogen and oxygen atoms in total. The van der Waals surface area contributed by atoms with E-state index in [4.69, 9.17) is 5.21 Å². The Hall–Kier alpha value is -1.46. The lowest BCUT2D eigenvalue weighted by molar-refractivity contribution is 0.250. The molecular formula is C4H4FN3O2. The molecule has 0 radical (unpaired) electrons. The molecule has 2 amide bonds. The van der Waals surface area contributed by atoms with Crippen LogP contribution in [0, 0.1) is 0 Å². The summed E-state index contributed by atoms with van der Waals surface area (Å²) in [4.78, 5) is 13.4. The zero-order valence-electron chi connectivity index (χ0n) is 4.78. The number of halogens is 1. The molecule has 6 heteroatoms. The Balaban J connectivity index is 2.81. The van der Waals surface area contributed by atoms with Crippen molar-refractivity contribution in [2.45, 2.75) is 6.17 Å². The quantitative estimate of drug-likeness (QED) is 0.369. The van der Waals surface area contributed by atoms with Gasteiger partial charge in [0.05, 0.1) is 6.21 Å². The smallest absolute Gasteiger partial charge is 0.346 e. The number of urea groups is 1. The SMILES string of the molecule is O=C1N=CC(F)C(=NO)N1. The van der Waals surface area contributed by atoms with Gasteiger partial charge in [-0.2, -0.15) is 0 Å². The molecule has 1 aliphatic heterocycles. The van der Waals surface area contributed by atoms with Gasteiger partial charge >= 0.3 is 6.03 Å². The van der Waals surface area contributed by atoms with E-state index < -0.39 is 18.0 Å². The zero-order valence-corrected chi connectivity index (χ0v) is 4.78. The third-order valence-electron chi connectivity index (χ3n) is 0.927. The number of carbonyl (C=O) groups excluding carboxylic acids is 1. The molecule has 0 aromatic rings. The average Bonchev–Trinajstić information content (AvgIpc) is 1.94. The second-order valence-electron chi connectivity index (χ2n) is 1.60. The van der Waals surface area contributed by atoms with Crippen LogP contribution >= 0.6 is 0 Å². The maximum atomic E-state index is 12.4. The summed E-state index contributed by atoms with van der Waals surface area (Å²) in [5.41, 5.74) is 0. The van der Waals surface area contributed by atoms with Crippen LogP contribution in [-0.4, -0.2) is 29.5 Å². The summed E-state index contributed by atoms with van der Waals surface area (Å²) < 4.78 is 12.4. The highest BCUT2D eigenvalue weighted by atomic mass is 19.1. The summed E-state index contributed by atoms with van der Waals surface area (Å²) in [5.74, 6) is -0.431. The van der Waals surface area contributed by atoms with E-state index in [1.807, 2.05) is 5.32 Å². The minimum absolute atomic E-state index is 0.431. The van der Waals surface area contributed by atoms with Gasteiger partial charge in [0.2, 0.25) is 0 Å². The minimum Gasteiger partial charge on any atom is -0.409 e. The molecule has 1 heterocycles. The number of amides is 2. The Bertz CT molecular complexity index is 213. The number of hydrogen-bond acceptors (Lipinski definition) is 3. The van der Waals surface area contributed by atoms with Gasteiger partial charge in [0.15, 0.2) is 12.0 Å². The molecule has 0 saturated carbocycles. The van der Waals surface area contributed by atoms with Crippen LogP contribution in [0.2, 0.25) is 0 Å². The second kappa shape index (κ2) is 2.42. The molecular weight excluding hydrogens is 141 g/mol. The predicted molar refractivity (Wildman–Crippen MR) is 31.1 cm³/mol. The van der Waals surface area contributed by atoms with E-state index in [1.54, 1.807) is 0 Å². The normalized spacial score (nSPS) is 28.7. The van der Waals surface area contributed by atoms with Crippen LogP contribution in [-0.2, 0) is 0 Å². The molecule has 54 valence electrons. The van der Waals surface area contributed by atoms with Gasteiger partial charge in [-0.3, -0.25) is 5.32 Å². The van der Waals surface area contributed by atoms with Crippen LogP contribution in [0.25, 0.3) is 0 Å². The van der Waals surface area contributed by atoms with Crippen molar-refractivity contribution >= 4 is 18.1 Å². The first-order valence-corrected chi connectivity index (χ1v) is 2.45. The number of aliphatic imine (C=N–C) groups is 1. The highest BCUT2D eigenvalue weighted by Gasteiger charge is 2.20. The minimum atomic E-state index is -1.62. The van der Waals surface area contributed by atoms with E-state index in [-0.39, 0.29) is 0 Å². The van der Waals surface area contributed by atoms with Crippen LogP contribution in [0.15, 0.2) is 10.1 Å². The van der Waals surface area contributed by atoms with Crippen molar-refractivity contribution in [1.29, 1.82) is 0 Å². The Labute approximate surface area is 55.2 Å². The van der Waals surface area contributed by atoms with Crippen LogP contribution in [0.5, 0.6) is 0 Å². The van der Waals surface area contributed by atoms with E-state index in [9.17, 15) is 9.18 Å². The van der Waals surface area contributed by atoms with Crippen LogP contribution in [0.1, 0.15) is 0 Å². The Kier molecular flexibility index (Phi) is 1.61. The number of carbonyl (C=O) groups is 1. The number of nitrogens with one attached hydrogen (secondary N) is 1. The molecule has 10 heavy (non-hydrogen) atoms. The summed E-state index contributed by atoms with van der Waals surface area (Å²) in [7, 11) is 0. The number of nitrogens with zero attached hydrogens (tertiary/aromatic N) is 2. The fourth-order valence-electron chi connectivity index (χ4n) is 0.495. The number of rotatable bonds is 0.